The van der Waals surface area contributed by atoms with E-state index in [1.54, 1.807) is 6.92 Å². The smallest absolute Gasteiger partial charge is 0.889 e. The molecule has 0 saturated carbocycles. The van der Waals surface area contributed by atoms with Crippen molar-refractivity contribution in [3.8, 4) is 0 Å². The second-order valence-electron chi connectivity index (χ2n) is 5.77. The molecule has 0 aromatic carbocycles. The Morgan fingerprint density at radius 1 is 0.586 bits per heavy atom. The molecule has 0 aliphatic rings. The van der Waals surface area contributed by atoms with Gasteiger partial charge in [-0.1, -0.05) is 26.2 Å². The van der Waals surface area contributed by atoms with Gasteiger partial charge in [-0.05, 0) is 13.5 Å². The van der Waals surface area contributed by atoms with E-state index in [1.807, 2.05) is 0 Å². The number of hydrogen-bond donors (Lipinski definition) is 0. The third-order valence-corrected chi connectivity index (χ3v) is 3.70. The normalized spacial score (nSPS) is 14.2. The summed E-state index contributed by atoms with van der Waals surface area (Å²) in [6.45, 7) is 1.54. The molecule has 0 aliphatic carbocycles. The second kappa shape index (κ2) is 10.8. The summed E-state index contributed by atoms with van der Waals surface area (Å²) in [7, 11) is -5.17. The van der Waals surface area contributed by atoms with Gasteiger partial charge in [-0.25, -0.2) is 8.78 Å². The van der Waals surface area contributed by atoms with Gasteiger partial charge >= 0.3 is 67.3 Å². The summed E-state index contributed by atoms with van der Waals surface area (Å²) in [5.41, 5.74) is 0. The molecule has 0 aromatic heterocycles. The number of alkyl halides is 12. The van der Waals surface area contributed by atoms with Crippen LogP contribution < -0.4 is 47.8 Å². The Bertz CT molecular complexity index is 505. The molecule has 0 saturated heterocycles. The van der Waals surface area contributed by atoms with Crippen LogP contribution in [0.4, 0.5) is 52.7 Å². The minimum atomic E-state index is -7.85. The summed E-state index contributed by atoms with van der Waals surface area (Å²) in [6, 6.07) is 0. The van der Waals surface area contributed by atoms with Crippen LogP contribution in [0, 0.1) is 0 Å². The Morgan fingerprint density at radius 3 is 1.31 bits per heavy atom. The minimum Gasteiger partial charge on any atom is -0.889 e. The van der Waals surface area contributed by atoms with Crippen LogP contribution in [0.3, 0.4) is 0 Å². The molecule has 2 nitrogen and oxygen atoms in total. The number of unbranched alkanes of at least 4 members (excludes halogenated alkanes) is 3. The van der Waals surface area contributed by atoms with Gasteiger partial charge in [0.25, 0.3) is 0 Å². The minimum absolute atomic E-state index is 0. The molecule has 0 radical (unpaired) electrons. The van der Waals surface area contributed by atoms with Crippen molar-refractivity contribution in [3.05, 3.63) is 0 Å². The van der Waals surface area contributed by atoms with Gasteiger partial charge in [0.05, 0.1) is 0 Å². The van der Waals surface area contributed by atoms with E-state index in [0.717, 1.165) is 0 Å². The van der Waals surface area contributed by atoms with Crippen molar-refractivity contribution in [2.24, 2.45) is 0 Å². The van der Waals surface area contributed by atoms with Gasteiger partial charge < -0.3 is 10.0 Å². The standard InChI is InChI=1S/C12H13BF12O2.2Li/c1-2-3-4-5-6-7(14,15)8(16,17)9(18,19)10(20,21)11(22,23)12(24,25)13(26)27;;/h2-6H2,1H3;;/q-2;2*+1. The fourth-order valence-corrected chi connectivity index (χ4v) is 1.91. The molecular weight excluding hydrogens is 429 g/mol. The molecule has 0 heterocycles. The van der Waals surface area contributed by atoms with Crippen LogP contribution >= 0.6 is 0 Å². The SMILES string of the molecule is CCCCCCC(F)(F)C(F)(F)C(F)(F)C(F)(F)C(F)(F)C(F)(F)B([O-])[O-].[Li+].[Li+]. The zero-order chi connectivity index (χ0) is 22.1. The van der Waals surface area contributed by atoms with E-state index in [4.69, 9.17) is 0 Å². The van der Waals surface area contributed by atoms with Crippen molar-refractivity contribution in [3.63, 3.8) is 0 Å². The Balaban J connectivity index is -0.00000338. The monoisotopic (exact) mass is 442 g/mol. The number of rotatable bonds is 11. The molecule has 162 valence electrons. The van der Waals surface area contributed by atoms with Crippen molar-refractivity contribution >= 4 is 7.12 Å². The Morgan fingerprint density at radius 2 is 0.966 bits per heavy atom. The fraction of sp³-hybridized carbons (Fsp3) is 1.00. The van der Waals surface area contributed by atoms with Gasteiger partial charge in [0, 0.05) is 6.42 Å². The predicted octanol–water partition coefficient (Wildman–Crippen LogP) is -2.48. The molecule has 0 rings (SSSR count). The van der Waals surface area contributed by atoms with E-state index in [9.17, 15) is 62.7 Å². The molecule has 17 heteroatoms. The first-order valence-electron chi connectivity index (χ1n) is 7.34. The molecule has 0 atom stereocenters. The van der Waals surface area contributed by atoms with E-state index in [-0.39, 0.29) is 50.6 Å². The molecule has 0 aliphatic heterocycles. The van der Waals surface area contributed by atoms with Crippen molar-refractivity contribution < 1.29 is 100 Å². The van der Waals surface area contributed by atoms with Crippen LogP contribution in [0.1, 0.15) is 39.0 Å². The topological polar surface area (TPSA) is 46.1 Å². The first-order chi connectivity index (χ1) is 11.8. The van der Waals surface area contributed by atoms with E-state index in [1.165, 1.54) is 0 Å². The van der Waals surface area contributed by atoms with Crippen LogP contribution in [-0.4, -0.2) is 42.6 Å². The van der Waals surface area contributed by atoms with Crippen molar-refractivity contribution in [2.45, 2.75) is 74.5 Å². The van der Waals surface area contributed by atoms with Gasteiger partial charge in [0.1, 0.15) is 0 Å². The van der Waals surface area contributed by atoms with E-state index < -0.39 is 55.4 Å². The molecular formula is C12H13BF12Li2O2. The summed E-state index contributed by atoms with van der Waals surface area (Å²) >= 11 is 0. The number of hydrogen-bond acceptors (Lipinski definition) is 2. The van der Waals surface area contributed by atoms with Crippen LogP contribution in [0.5, 0.6) is 0 Å². The van der Waals surface area contributed by atoms with Crippen molar-refractivity contribution in [1.29, 1.82) is 0 Å². The summed E-state index contributed by atoms with van der Waals surface area (Å²) in [6.07, 6.45) is -2.67. The second-order valence-corrected chi connectivity index (χ2v) is 5.77. The molecule has 0 spiro atoms. The molecule has 0 fully saturated rings. The van der Waals surface area contributed by atoms with Gasteiger partial charge in [-0.15, -0.1) is 0 Å². The third-order valence-electron chi connectivity index (χ3n) is 3.70. The first-order valence-corrected chi connectivity index (χ1v) is 7.34. The summed E-state index contributed by atoms with van der Waals surface area (Å²) in [5.74, 6) is -43.4. The molecule has 0 amide bonds. The van der Waals surface area contributed by atoms with E-state index >= 15 is 0 Å². The Labute approximate surface area is 182 Å². The third kappa shape index (κ3) is 5.78. The molecule has 0 bridgehead atoms. The van der Waals surface area contributed by atoms with Crippen LogP contribution in [0.25, 0.3) is 0 Å². The maximum atomic E-state index is 13.4. The van der Waals surface area contributed by atoms with Gasteiger partial charge in [0.2, 0.25) is 5.82 Å². The zero-order valence-corrected chi connectivity index (χ0v) is 15.5. The molecule has 0 aromatic rings. The van der Waals surface area contributed by atoms with Crippen molar-refractivity contribution in [1.82, 2.24) is 0 Å². The first kappa shape index (κ1) is 34.0. The summed E-state index contributed by atoms with van der Waals surface area (Å²) in [4.78, 5) is 0. The van der Waals surface area contributed by atoms with E-state index in [2.05, 4.69) is 0 Å². The van der Waals surface area contributed by atoms with E-state index in [0.29, 0.717) is 6.42 Å². The van der Waals surface area contributed by atoms with Crippen LogP contribution in [0.2, 0.25) is 0 Å². The molecule has 0 unspecified atom stereocenters. The predicted molar refractivity (Wildman–Crippen MR) is 64.2 cm³/mol. The largest absolute Gasteiger partial charge is 1.00 e. The maximum Gasteiger partial charge on any atom is 1.00 e. The Hall–Kier alpha value is 0.340. The molecule has 29 heavy (non-hydrogen) atoms. The fourth-order valence-electron chi connectivity index (χ4n) is 1.91. The quantitative estimate of drug-likeness (QED) is 0.203. The van der Waals surface area contributed by atoms with Gasteiger partial charge in [-0.2, -0.15) is 43.9 Å². The van der Waals surface area contributed by atoms with Crippen LogP contribution in [-0.2, 0) is 0 Å². The maximum absolute atomic E-state index is 13.4. The van der Waals surface area contributed by atoms with Gasteiger partial charge in [0.15, 0.2) is 0 Å². The average molecular weight is 442 g/mol. The number of halogens is 12. The molecule has 0 N–H and O–H groups in total. The average Bonchev–Trinajstić information content (AvgIpc) is 2.50. The Kier molecular flexibility index (Phi) is 12.6. The zero-order valence-electron chi connectivity index (χ0n) is 15.5. The van der Waals surface area contributed by atoms with Crippen LogP contribution in [0.15, 0.2) is 0 Å². The van der Waals surface area contributed by atoms with Crippen molar-refractivity contribution in [2.75, 3.05) is 0 Å². The summed E-state index contributed by atoms with van der Waals surface area (Å²) < 4.78 is 158. The van der Waals surface area contributed by atoms with Gasteiger partial charge in [-0.3, -0.25) is 0 Å². The summed E-state index contributed by atoms with van der Waals surface area (Å²) in [5, 5.41) is 19.8.